The van der Waals surface area contributed by atoms with Gasteiger partial charge in [-0.2, -0.15) is 5.10 Å². The average molecular weight is 399 g/mol. The van der Waals surface area contributed by atoms with Crippen molar-refractivity contribution < 1.29 is 9.47 Å². The smallest absolute Gasteiger partial charge is 0.145 e. The number of benzene rings is 1. The second-order valence-electron chi connectivity index (χ2n) is 6.86. The molecule has 1 aliphatic rings. The molecule has 0 radical (unpaired) electrons. The van der Waals surface area contributed by atoms with Gasteiger partial charge in [-0.1, -0.05) is 6.07 Å². The molecular weight excluding hydrogens is 372 g/mol. The lowest BCUT2D eigenvalue weighted by molar-refractivity contribution is 0.260. The van der Waals surface area contributed by atoms with Crippen LogP contribution in [-0.2, 0) is 6.42 Å². The number of hydrogen-bond donors (Lipinski definition) is 1. The van der Waals surface area contributed by atoms with Gasteiger partial charge in [0.2, 0.25) is 0 Å². The maximum Gasteiger partial charge on any atom is 0.145 e. The molecule has 1 aromatic carbocycles. The number of thiophene rings is 1. The molecule has 0 spiro atoms. The number of anilines is 1. The predicted octanol–water partition coefficient (Wildman–Crippen LogP) is 3.52. The van der Waals surface area contributed by atoms with Crippen molar-refractivity contribution in [2.45, 2.75) is 6.42 Å². The van der Waals surface area contributed by atoms with Gasteiger partial charge in [-0.25, -0.2) is 0 Å². The summed E-state index contributed by atoms with van der Waals surface area (Å²) in [5.41, 5.74) is 3.59. The molecule has 148 valence electrons. The van der Waals surface area contributed by atoms with Gasteiger partial charge in [0.15, 0.2) is 0 Å². The van der Waals surface area contributed by atoms with Crippen molar-refractivity contribution in [2.75, 3.05) is 51.8 Å². The molecule has 0 atom stereocenters. The van der Waals surface area contributed by atoms with Gasteiger partial charge in [-0.15, -0.1) is 11.3 Å². The molecule has 1 aliphatic heterocycles. The van der Waals surface area contributed by atoms with Gasteiger partial charge in [0.25, 0.3) is 0 Å². The quantitative estimate of drug-likeness (QED) is 0.660. The topological polar surface area (TPSA) is 53.6 Å². The Morgan fingerprint density at radius 2 is 1.96 bits per heavy atom. The Morgan fingerprint density at radius 1 is 1.11 bits per heavy atom. The summed E-state index contributed by atoms with van der Waals surface area (Å²) >= 11 is 1.75. The molecule has 4 rings (SSSR count). The van der Waals surface area contributed by atoms with Crippen LogP contribution in [0.1, 0.15) is 5.56 Å². The van der Waals surface area contributed by atoms with Gasteiger partial charge in [-0.05, 0) is 35.6 Å². The molecule has 1 N–H and O–H groups in total. The Bertz CT molecular complexity index is 886. The van der Waals surface area contributed by atoms with E-state index in [0.717, 1.165) is 62.0 Å². The lowest BCUT2D eigenvalue weighted by Gasteiger charge is -2.36. The van der Waals surface area contributed by atoms with Gasteiger partial charge >= 0.3 is 0 Å². The van der Waals surface area contributed by atoms with E-state index in [1.807, 2.05) is 18.3 Å². The van der Waals surface area contributed by atoms with Crippen molar-refractivity contribution in [3.05, 3.63) is 47.5 Å². The van der Waals surface area contributed by atoms with Crippen molar-refractivity contribution in [2.24, 2.45) is 0 Å². The van der Waals surface area contributed by atoms with Crippen LogP contribution in [-0.4, -0.2) is 62.0 Å². The highest BCUT2D eigenvalue weighted by Crippen LogP contribution is 2.33. The molecule has 0 unspecified atom stereocenters. The maximum atomic E-state index is 5.57. The summed E-state index contributed by atoms with van der Waals surface area (Å²) in [6, 6.07) is 10.3. The van der Waals surface area contributed by atoms with Crippen LogP contribution in [0, 0.1) is 0 Å². The highest BCUT2D eigenvalue weighted by atomic mass is 32.1. The molecule has 0 saturated carbocycles. The van der Waals surface area contributed by atoms with Crippen molar-refractivity contribution in [3.63, 3.8) is 0 Å². The molecule has 0 amide bonds. The van der Waals surface area contributed by atoms with Crippen molar-refractivity contribution in [3.8, 4) is 22.1 Å². The largest absolute Gasteiger partial charge is 0.497 e. The van der Waals surface area contributed by atoms with Crippen LogP contribution >= 0.6 is 11.3 Å². The molecule has 28 heavy (non-hydrogen) atoms. The fourth-order valence-corrected chi connectivity index (χ4v) is 4.43. The van der Waals surface area contributed by atoms with Gasteiger partial charge in [0.05, 0.1) is 36.7 Å². The van der Waals surface area contributed by atoms with Crippen LogP contribution < -0.4 is 14.4 Å². The van der Waals surface area contributed by atoms with E-state index < -0.39 is 0 Å². The van der Waals surface area contributed by atoms with Gasteiger partial charge in [0, 0.05) is 38.8 Å². The molecule has 0 bridgehead atoms. The standard InChI is InChI=1S/C21H26N4O2S/c1-26-17-5-6-18(19(14-17)27-2)25-11-9-24(10-12-25)8-7-16-15-22-23-21(16)20-4-3-13-28-20/h3-6,13-15H,7-12H2,1-2H3,(H,22,23). The van der Waals surface area contributed by atoms with E-state index in [2.05, 4.69) is 43.6 Å². The first kappa shape index (κ1) is 18.8. The predicted molar refractivity (Wildman–Crippen MR) is 114 cm³/mol. The van der Waals surface area contributed by atoms with E-state index in [1.54, 1.807) is 25.6 Å². The van der Waals surface area contributed by atoms with E-state index in [9.17, 15) is 0 Å². The number of piperazine rings is 1. The molecule has 3 aromatic rings. The maximum absolute atomic E-state index is 5.57. The number of methoxy groups -OCH3 is 2. The summed E-state index contributed by atoms with van der Waals surface area (Å²) in [7, 11) is 3.39. The third-order valence-electron chi connectivity index (χ3n) is 5.28. The van der Waals surface area contributed by atoms with Crippen LogP contribution in [0.2, 0.25) is 0 Å². The fourth-order valence-electron chi connectivity index (χ4n) is 3.67. The molecule has 1 fully saturated rings. The SMILES string of the molecule is COc1ccc(N2CCN(CCc3cn[nH]c3-c3cccs3)CC2)c(OC)c1. The van der Waals surface area contributed by atoms with Crippen LogP contribution in [0.3, 0.4) is 0 Å². The summed E-state index contributed by atoms with van der Waals surface area (Å²) in [4.78, 5) is 6.17. The molecule has 6 nitrogen and oxygen atoms in total. The normalized spacial score (nSPS) is 15.0. The van der Waals surface area contributed by atoms with E-state index in [-0.39, 0.29) is 0 Å². The first-order valence-electron chi connectivity index (χ1n) is 9.54. The number of hydrogen-bond acceptors (Lipinski definition) is 6. The van der Waals surface area contributed by atoms with Crippen molar-refractivity contribution >= 4 is 17.0 Å². The summed E-state index contributed by atoms with van der Waals surface area (Å²) in [5, 5.41) is 9.52. The van der Waals surface area contributed by atoms with E-state index >= 15 is 0 Å². The highest BCUT2D eigenvalue weighted by Gasteiger charge is 2.20. The van der Waals surface area contributed by atoms with E-state index in [4.69, 9.17) is 9.47 Å². The second-order valence-corrected chi connectivity index (χ2v) is 7.81. The summed E-state index contributed by atoms with van der Waals surface area (Å²) in [6.07, 6.45) is 2.98. The molecule has 7 heteroatoms. The zero-order valence-corrected chi connectivity index (χ0v) is 17.2. The summed E-state index contributed by atoms with van der Waals surface area (Å²) < 4.78 is 10.9. The molecule has 0 aliphatic carbocycles. The number of H-pyrrole nitrogens is 1. The van der Waals surface area contributed by atoms with Crippen molar-refractivity contribution in [1.82, 2.24) is 15.1 Å². The lowest BCUT2D eigenvalue weighted by Crippen LogP contribution is -2.47. The summed E-state index contributed by atoms with van der Waals surface area (Å²) in [6.45, 7) is 5.12. The Kier molecular flexibility index (Phi) is 5.83. The van der Waals surface area contributed by atoms with Crippen LogP contribution in [0.25, 0.3) is 10.6 Å². The number of aromatic amines is 1. The third-order valence-corrected chi connectivity index (χ3v) is 6.17. The number of ether oxygens (including phenoxy) is 2. The fraction of sp³-hybridized carbons (Fsp3) is 0.381. The molecule has 3 heterocycles. The Labute approximate surface area is 169 Å². The van der Waals surface area contributed by atoms with Crippen molar-refractivity contribution in [1.29, 1.82) is 0 Å². The number of rotatable bonds is 7. The van der Waals surface area contributed by atoms with Crippen LogP contribution in [0.4, 0.5) is 5.69 Å². The van der Waals surface area contributed by atoms with Crippen LogP contribution in [0.15, 0.2) is 41.9 Å². The third kappa shape index (κ3) is 4.00. The van der Waals surface area contributed by atoms with Crippen LogP contribution in [0.5, 0.6) is 11.5 Å². The Hall–Kier alpha value is -2.51. The van der Waals surface area contributed by atoms with Gasteiger partial charge in [0.1, 0.15) is 11.5 Å². The lowest BCUT2D eigenvalue weighted by atomic mass is 10.1. The van der Waals surface area contributed by atoms with E-state index in [0.29, 0.717) is 0 Å². The average Bonchev–Trinajstić information content (AvgIpc) is 3.43. The zero-order valence-electron chi connectivity index (χ0n) is 16.4. The molecular formula is C21H26N4O2S. The minimum atomic E-state index is 0.820. The first-order chi connectivity index (χ1) is 13.8. The second kappa shape index (κ2) is 8.67. The molecule has 1 saturated heterocycles. The first-order valence-corrected chi connectivity index (χ1v) is 10.4. The monoisotopic (exact) mass is 398 g/mol. The number of aromatic nitrogens is 2. The highest BCUT2D eigenvalue weighted by molar-refractivity contribution is 7.13. The minimum absolute atomic E-state index is 0.820. The number of nitrogens with one attached hydrogen (secondary N) is 1. The number of nitrogens with zero attached hydrogens (tertiary/aromatic N) is 3. The van der Waals surface area contributed by atoms with E-state index in [1.165, 1.54) is 10.4 Å². The summed E-state index contributed by atoms with van der Waals surface area (Å²) in [5.74, 6) is 1.69. The minimum Gasteiger partial charge on any atom is -0.497 e. The van der Waals surface area contributed by atoms with Gasteiger partial charge in [-0.3, -0.25) is 10.00 Å². The Balaban J connectivity index is 1.34. The molecule has 2 aromatic heterocycles. The van der Waals surface area contributed by atoms with Gasteiger partial charge < -0.3 is 14.4 Å². The zero-order chi connectivity index (χ0) is 19.3. The Morgan fingerprint density at radius 3 is 2.68 bits per heavy atom.